The molecule has 0 aromatic heterocycles. The fourth-order valence-corrected chi connectivity index (χ4v) is 2.53. The highest BCUT2D eigenvalue weighted by Crippen LogP contribution is 2.37. The zero-order chi connectivity index (χ0) is 8.48. The lowest BCUT2D eigenvalue weighted by Gasteiger charge is -2.31. The van der Waals surface area contributed by atoms with Gasteiger partial charge in [0.1, 0.15) is 0 Å². The van der Waals surface area contributed by atoms with Gasteiger partial charge in [-0.2, -0.15) is 0 Å². The van der Waals surface area contributed by atoms with Crippen LogP contribution in [0, 0.1) is 18.4 Å². The summed E-state index contributed by atoms with van der Waals surface area (Å²) in [6, 6.07) is 0. The van der Waals surface area contributed by atoms with Crippen LogP contribution in [0.2, 0.25) is 0 Å². The molecule has 2 unspecified atom stereocenters. The lowest BCUT2D eigenvalue weighted by molar-refractivity contribution is 0.228. The summed E-state index contributed by atoms with van der Waals surface area (Å²) in [4.78, 5) is 3.73. The molecule has 0 bridgehead atoms. The predicted octanol–water partition coefficient (Wildman–Crippen LogP) is 3.12. The van der Waals surface area contributed by atoms with E-state index in [2.05, 4.69) is 25.6 Å². The Morgan fingerprint density at radius 1 is 1.27 bits per heavy atom. The first-order valence-corrected chi connectivity index (χ1v) is 4.44. The summed E-state index contributed by atoms with van der Waals surface area (Å²) in [6.07, 6.45) is 3.51. The minimum atomic E-state index is -0.0446. The molecule has 11 heavy (non-hydrogen) atoms. The fourth-order valence-electron chi connectivity index (χ4n) is 2.53. The molecule has 1 rings (SSSR count). The second kappa shape index (κ2) is 2.85. The van der Waals surface area contributed by atoms with Crippen LogP contribution >= 0.6 is 0 Å². The zero-order valence-electron chi connectivity index (χ0n) is 7.72. The van der Waals surface area contributed by atoms with E-state index in [-0.39, 0.29) is 5.54 Å². The van der Waals surface area contributed by atoms with E-state index in [1.165, 1.54) is 6.42 Å². The van der Waals surface area contributed by atoms with Crippen molar-refractivity contribution in [3.63, 3.8) is 0 Å². The van der Waals surface area contributed by atoms with Crippen molar-refractivity contribution < 1.29 is 0 Å². The first-order valence-electron chi connectivity index (χ1n) is 4.44. The number of hydrogen-bond donors (Lipinski definition) is 0. The Bertz CT molecular complexity index is 168. The molecule has 0 amide bonds. The third-order valence-corrected chi connectivity index (χ3v) is 2.65. The highest BCUT2D eigenvalue weighted by Gasteiger charge is 2.38. The minimum absolute atomic E-state index is 0.0446. The number of hydrogen-bond acceptors (Lipinski definition) is 0. The molecule has 0 radical (unpaired) electrons. The highest BCUT2D eigenvalue weighted by atomic mass is 14.8. The summed E-state index contributed by atoms with van der Waals surface area (Å²) in [7, 11) is 0. The summed E-state index contributed by atoms with van der Waals surface area (Å²) >= 11 is 0. The van der Waals surface area contributed by atoms with Crippen LogP contribution in [-0.4, -0.2) is 5.54 Å². The van der Waals surface area contributed by atoms with Gasteiger partial charge >= 0.3 is 0 Å². The molecule has 0 spiro atoms. The van der Waals surface area contributed by atoms with Crippen molar-refractivity contribution in [1.82, 2.24) is 0 Å². The molecule has 0 aliphatic heterocycles. The molecular weight excluding hydrogens is 134 g/mol. The molecule has 0 aromatic carbocycles. The predicted molar refractivity (Wildman–Crippen MR) is 47.2 cm³/mol. The van der Waals surface area contributed by atoms with Crippen LogP contribution in [0.15, 0.2) is 0 Å². The molecule has 1 fully saturated rings. The van der Waals surface area contributed by atoms with Crippen LogP contribution < -0.4 is 0 Å². The van der Waals surface area contributed by atoms with Gasteiger partial charge in [0.25, 0.3) is 0 Å². The van der Waals surface area contributed by atoms with Gasteiger partial charge in [0.15, 0.2) is 0 Å². The first-order chi connectivity index (χ1) is 5.06. The maximum Gasteiger partial charge on any atom is 0.230 e. The summed E-state index contributed by atoms with van der Waals surface area (Å²) in [5.74, 6) is 1.50. The zero-order valence-corrected chi connectivity index (χ0v) is 7.72. The molecule has 1 aliphatic carbocycles. The van der Waals surface area contributed by atoms with Crippen molar-refractivity contribution in [3.8, 4) is 0 Å². The average Bonchev–Trinajstić information content (AvgIpc) is 1.84. The van der Waals surface area contributed by atoms with E-state index in [0.717, 1.165) is 24.7 Å². The molecule has 2 atom stereocenters. The Kier molecular flexibility index (Phi) is 2.23. The van der Waals surface area contributed by atoms with Crippen LogP contribution in [0.1, 0.15) is 40.0 Å². The molecule has 1 saturated carbocycles. The smallest absolute Gasteiger partial charge is 0.230 e. The SMILES string of the molecule is [C-]#[N+]C1(C)CC(C)CC(C)C1. The number of nitrogens with zero attached hydrogens (tertiary/aromatic N) is 1. The molecule has 1 aliphatic rings. The molecule has 0 heterocycles. The van der Waals surface area contributed by atoms with E-state index >= 15 is 0 Å². The molecule has 0 aromatic rings. The normalized spacial score (nSPS) is 44.9. The van der Waals surface area contributed by atoms with E-state index in [1.807, 2.05) is 0 Å². The summed E-state index contributed by atoms with van der Waals surface area (Å²) in [5, 5.41) is 0. The second-order valence-corrected chi connectivity index (χ2v) is 4.46. The average molecular weight is 151 g/mol. The van der Waals surface area contributed by atoms with Crippen LogP contribution in [0.25, 0.3) is 4.85 Å². The van der Waals surface area contributed by atoms with Gasteiger partial charge in [0, 0.05) is 19.8 Å². The van der Waals surface area contributed by atoms with Crippen LogP contribution in [0.4, 0.5) is 0 Å². The van der Waals surface area contributed by atoms with Gasteiger partial charge in [-0.15, -0.1) is 0 Å². The van der Waals surface area contributed by atoms with Crippen LogP contribution in [0.5, 0.6) is 0 Å². The molecule has 1 heteroatoms. The Morgan fingerprint density at radius 2 is 1.73 bits per heavy atom. The Morgan fingerprint density at radius 3 is 2.09 bits per heavy atom. The van der Waals surface area contributed by atoms with Crippen LogP contribution in [-0.2, 0) is 0 Å². The summed E-state index contributed by atoms with van der Waals surface area (Å²) < 4.78 is 0. The van der Waals surface area contributed by atoms with Crippen molar-refractivity contribution in [2.45, 2.75) is 45.6 Å². The van der Waals surface area contributed by atoms with Crippen LogP contribution in [0.3, 0.4) is 0 Å². The van der Waals surface area contributed by atoms with Gasteiger partial charge in [0.2, 0.25) is 5.54 Å². The third kappa shape index (κ3) is 1.96. The Hall–Kier alpha value is -0.510. The molecule has 62 valence electrons. The Balaban J connectivity index is 2.64. The minimum Gasteiger partial charge on any atom is -0.311 e. The van der Waals surface area contributed by atoms with Crippen molar-refractivity contribution in [1.29, 1.82) is 0 Å². The Labute approximate surface area is 69.6 Å². The standard InChI is InChI=1S/C10H17N/c1-8-5-9(2)7-10(3,6-8)11-4/h8-9H,5-7H2,1-3H3. The van der Waals surface area contributed by atoms with E-state index in [0.29, 0.717) is 0 Å². The lowest BCUT2D eigenvalue weighted by atomic mass is 9.73. The molecule has 0 saturated heterocycles. The van der Waals surface area contributed by atoms with E-state index in [9.17, 15) is 0 Å². The van der Waals surface area contributed by atoms with Gasteiger partial charge in [0.05, 0.1) is 0 Å². The topological polar surface area (TPSA) is 4.36 Å². The second-order valence-electron chi connectivity index (χ2n) is 4.46. The van der Waals surface area contributed by atoms with Crippen molar-refractivity contribution >= 4 is 0 Å². The number of rotatable bonds is 0. The van der Waals surface area contributed by atoms with Gasteiger partial charge in [-0.1, -0.05) is 13.8 Å². The highest BCUT2D eigenvalue weighted by molar-refractivity contribution is 4.99. The summed E-state index contributed by atoms with van der Waals surface area (Å²) in [5.41, 5.74) is -0.0446. The van der Waals surface area contributed by atoms with Crippen molar-refractivity contribution in [2.24, 2.45) is 11.8 Å². The van der Waals surface area contributed by atoms with Gasteiger partial charge in [-0.05, 0) is 18.3 Å². The van der Waals surface area contributed by atoms with E-state index in [1.54, 1.807) is 0 Å². The largest absolute Gasteiger partial charge is 0.311 e. The van der Waals surface area contributed by atoms with Crippen molar-refractivity contribution in [2.75, 3.05) is 0 Å². The fraction of sp³-hybridized carbons (Fsp3) is 0.900. The van der Waals surface area contributed by atoms with Gasteiger partial charge < -0.3 is 4.85 Å². The third-order valence-electron chi connectivity index (χ3n) is 2.65. The lowest BCUT2D eigenvalue weighted by Crippen LogP contribution is -2.31. The summed E-state index contributed by atoms with van der Waals surface area (Å²) in [6.45, 7) is 13.7. The molecule has 0 N–H and O–H groups in total. The van der Waals surface area contributed by atoms with E-state index < -0.39 is 0 Å². The maximum absolute atomic E-state index is 7.10. The van der Waals surface area contributed by atoms with E-state index in [4.69, 9.17) is 6.57 Å². The molecular formula is C10H17N. The quantitative estimate of drug-likeness (QED) is 0.468. The first kappa shape index (κ1) is 8.59. The molecule has 1 nitrogen and oxygen atoms in total. The van der Waals surface area contributed by atoms with Crippen molar-refractivity contribution in [3.05, 3.63) is 11.4 Å². The van der Waals surface area contributed by atoms with Gasteiger partial charge in [-0.3, -0.25) is 0 Å². The monoisotopic (exact) mass is 151 g/mol. The maximum atomic E-state index is 7.10. The van der Waals surface area contributed by atoms with Gasteiger partial charge in [-0.25, -0.2) is 6.57 Å².